The van der Waals surface area contributed by atoms with Crippen LogP contribution in [0.2, 0.25) is 0 Å². The third-order valence-corrected chi connectivity index (χ3v) is 8.52. The van der Waals surface area contributed by atoms with Gasteiger partial charge in [0.2, 0.25) is 0 Å². The van der Waals surface area contributed by atoms with E-state index in [2.05, 4.69) is 64.1 Å². The van der Waals surface area contributed by atoms with E-state index in [9.17, 15) is 4.79 Å². The molecule has 2 aromatic rings. The fourth-order valence-corrected chi connectivity index (χ4v) is 6.22. The van der Waals surface area contributed by atoms with Crippen molar-refractivity contribution >= 4 is 6.03 Å². The lowest BCUT2D eigenvalue weighted by atomic mass is 9.68. The van der Waals surface area contributed by atoms with Gasteiger partial charge in [0, 0.05) is 37.6 Å². The molecule has 0 bridgehead atoms. The van der Waals surface area contributed by atoms with Crippen molar-refractivity contribution in [3.63, 3.8) is 0 Å². The maximum absolute atomic E-state index is 13.6. The SMILES string of the molecule is CN(C)[C@]1(c2ccccc2)CC[C@@]2(CC1)CN(Cc1ccncc1)C(=O)N2CC1CCC1. The van der Waals surface area contributed by atoms with E-state index in [0.717, 1.165) is 44.3 Å². The lowest BCUT2D eigenvalue weighted by Crippen LogP contribution is -2.56. The predicted octanol–water partition coefficient (Wildman–Crippen LogP) is 4.89. The molecule has 170 valence electrons. The van der Waals surface area contributed by atoms with Gasteiger partial charge in [0.15, 0.2) is 0 Å². The predicted molar refractivity (Wildman–Crippen MR) is 127 cm³/mol. The summed E-state index contributed by atoms with van der Waals surface area (Å²) in [6.07, 6.45) is 11.8. The van der Waals surface area contributed by atoms with Crippen molar-refractivity contribution in [3.8, 4) is 0 Å². The molecule has 5 heteroatoms. The Labute approximate surface area is 192 Å². The van der Waals surface area contributed by atoms with E-state index in [1.165, 1.54) is 24.8 Å². The fourth-order valence-electron chi connectivity index (χ4n) is 6.22. The molecule has 3 aliphatic rings. The van der Waals surface area contributed by atoms with Gasteiger partial charge in [-0.25, -0.2) is 4.79 Å². The number of urea groups is 1. The van der Waals surface area contributed by atoms with Gasteiger partial charge in [0.05, 0.1) is 5.54 Å². The number of benzene rings is 1. The third kappa shape index (κ3) is 3.71. The summed E-state index contributed by atoms with van der Waals surface area (Å²) in [5.41, 5.74) is 2.59. The maximum atomic E-state index is 13.6. The summed E-state index contributed by atoms with van der Waals surface area (Å²) < 4.78 is 0. The molecule has 0 N–H and O–H groups in total. The summed E-state index contributed by atoms with van der Waals surface area (Å²) in [4.78, 5) is 24.6. The summed E-state index contributed by atoms with van der Waals surface area (Å²) in [6.45, 7) is 2.47. The largest absolute Gasteiger partial charge is 0.320 e. The van der Waals surface area contributed by atoms with Gasteiger partial charge in [-0.15, -0.1) is 0 Å². The number of carbonyl (C=O) groups is 1. The quantitative estimate of drug-likeness (QED) is 0.652. The molecule has 1 saturated heterocycles. The molecule has 2 saturated carbocycles. The lowest BCUT2D eigenvalue weighted by Gasteiger charge is -2.51. The number of hydrogen-bond donors (Lipinski definition) is 0. The highest BCUT2D eigenvalue weighted by Crippen LogP contribution is 2.49. The second-order valence-corrected chi connectivity index (χ2v) is 10.4. The van der Waals surface area contributed by atoms with Crippen molar-refractivity contribution in [3.05, 3.63) is 66.0 Å². The van der Waals surface area contributed by atoms with Gasteiger partial charge in [-0.2, -0.15) is 0 Å². The highest BCUT2D eigenvalue weighted by molar-refractivity contribution is 5.78. The lowest BCUT2D eigenvalue weighted by molar-refractivity contribution is 0.0159. The van der Waals surface area contributed by atoms with Crippen molar-refractivity contribution in [1.29, 1.82) is 0 Å². The van der Waals surface area contributed by atoms with Crippen LogP contribution in [-0.4, -0.2) is 58.4 Å². The Morgan fingerprint density at radius 2 is 1.69 bits per heavy atom. The van der Waals surface area contributed by atoms with Crippen LogP contribution in [0, 0.1) is 5.92 Å². The van der Waals surface area contributed by atoms with E-state index >= 15 is 0 Å². The minimum atomic E-state index is -0.0337. The first-order valence-electron chi connectivity index (χ1n) is 12.2. The molecular weight excluding hydrogens is 396 g/mol. The van der Waals surface area contributed by atoms with E-state index in [4.69, 9.17) is 0 Å². The average Bonchev–Trinajstić information content (AvgIpc) is 3.03. The van der Waals surface area contributed by atoms with Crippen LogP contribution < -0.4 is 0 Å². The van der Waals surface area contributed by atoms with Crippen molar-refractivity contribution in [2.75, 3.05) is 27.2 Å². The van der Waals surface area contributed by atoms with E-state index in [-0.39, 0.29) is 17.1 Å². The molecule has 3 fully saturated rings. The summed E-state index contributed by atoms with van der Waals surface area (Å²) in [7, 11) is 4.43. The summed E-state index contributed by atoms with van der Waals surface area (Å²) >= 11 is 0. The second-order valence-electron chi connectivity index (χ2n) is 10.4. The van der Waals surface area contributed by atoms with Crippen molar-refractivity contribution < 1.29 is 4.79 Å². The molecule has 1 aromatic carbocycles. The van der Waals surface area contributed by atoms with Crippen LogP contribution in [0.4, 0.5) is 4.79 Å². The monoisotopic (exact) mass is 432 g/mol. The standard InChI is InChI=1S/C27H36N4O/c1-29(2)27(24-9-4-3-5-10-24)15-13-26(14-16-27)21-30(19-23-11-17-28-18-12-23)25(32)31(26)20-22-7-6-8-22/h3-5,9-12,17-18,22H,6-8,13-16,19-21H2,1-2H3/t26-,27-. The Hall–Kier alpha value is -2.40. The number of nitrogens with zero attached hydrogens (tertiary/aromatic N) is 4. The van der Waals surface area contributed by atoms with Gasteiger partial charge in [-0.05, 0) is 81.8 Å². The van der Waals surface area contributed by atoms with Crippen LogP contribution in [0.15, 0.2) is 54.9 Å². The van der Waals surface area contributed by atoms with Gasteiger partial charge in [0.1, 0.15) is 0 Å². The van der Waals surface area contributed by atoms with E-state index in [1.54, 1.807) is 0 Å². The first-order valence-corrected chi connectivity index (χ1v) is 12.2. The number of carbonyl (C=O) groups excluding carboxylic acids is 1. The molecule has 2 heterocycles. The molecule has 2 aliphatic carbocycles. The molecule has 0 atom stereocenters. The Bertz CT molecular complexity index is 917. The molecule has 2 amide bonds. The third-order valence-electron chi connectivity index (χ3n) is 8.52. The zero-order chi connectivity index (χ0) is 22.2. The van der Waals surface area contributed by atoms with E-state index < -0.39 is 0 Å². The zero-order valence-electron chi connectivity index (χ0n) is 19.5. The van der Waals surface area contributed by atoms with E-state index in [1.807, 2.05) is 24.5 Å². The zero-order valence-corrected chi connectivity index (χ0v) is 19.5. The number of amides is 2. The van der Waals surface area contributed by atoms with Crippen molar-refractivity contribution in [2.45, 2.75) is 62.6 Å². The minimum absolute atomic E-state index is 0.0337. The number of hydrogen-bond acceptors (Lipinski definition) is 3. The molecule has 5 nitrogen and oxygen atoms in total. The average molecular weight is 433 g/mol. The van der Waals surface area contributed by atoms with Crippen LogP contribution in [0.25, 0.3) is 0 Å². The molecule has 1 aliphatic heterocycles. The Kier molecular flexibility index (Phi) is 5.70. The van der Waals surface area contributed by atoms with Crippen LogP contribution in [0.5, 0.6) is 0 Å². The van der Waals surface area contributed by atoms with Gasteiger partial charge in [-0.3, -0.25) is 9.88 Å². The first-order chi connectivity index (χ1) is 15.5. The molecule has 1 spiro atoms. The number of rotatable bonds is 6. The summed E-state index contributed by atoms with van der Waals surface area (Å²) in [5, 5.41) is 0. The van der Waals surface area contributed by atoms with Crippen molar-refractivity contribution in [2.24, 2.45) is 5.92 Å². The van der Waals surface area contributed by atoms with Gasteiger partial charge < -0.3 is 9.80 Å². The first kappa shape index (κ1) is 21.4. The Morgan fingerprint density at radius 1 is 1.00 bits per heavy atom. The fraction of sp³-hybridized carbons (Fsp3) is 0.556. The van der Waals surface area contributed by atoms with Crippen LogP contribution in [0.1, 0.15) is 56.1 Å². The molecular formula is C27H36N4O. The number of pyridine rings is 1. The smallest absolute Gasteiger partial charge is 0.318 e. The molecule has 0 unspecified atom stereocenters. The Balaban J connectivity index is 1.40. The van der Waals surface area contributed by atoms with Gasteiger partial charge in [0.25, 0.3) is 0 Å². The maximum Gasteiger partial charge on any atom is 0.320 e. The van der Waals surface area contributed by atoms with Crippen LogP contribution >= 0.6 is 0 Å². The topological polar surface area (TPSA) is 39.7 Å². The highest BCUT2D eigenvalue weighted by atomic mass is 16.2. The molecule has 1 aromatic heterocycles. The van der Waals surface area contributed by atoms with Gasteiger partial charge >= 0.3 is 6.03 Å². The van der Waals surface area contributed by atoms with E-state index in [0.29, 0.717) is 12.5 Å². The van der Waals surface area contributed by atoms with Crippen molar-refractivity contribution in [1.82, 2.24) is 19.7 Å². The normalized spacial score (nSPS) is 28.5. The summed E-state index contributed by atoms with van der Waals surface area (Å²) in [6, 6.07) is 15.3. The van der Waals surface area contributed by atoms with Crippen LogP contribution in [0.3, 0.4) is 0 Å². The summed E-state index contributed by atoms with van der Waals surface area (Å²) in [5.74, 6) is 0.686. The Morgan fingerprint density at radius 3 is 2.28 bits per heavy atom. The minimum Gasteiger partial charge on any atom is -0.318 e. The van der Waals surface area contributed by atoms with Gasteiger partial charge in [-0.1, -0.05) is 36.8 Å². The molecule has 5 rings (SSSR count). The molecule has 0 radical (unpaired) electrons. The second kappa shape index (κ2) is 8.51. The molecule has 32 heavy (non-hydrogen) atoms. The highest BCUT2D eigenvalue weighted by Gasteiger charge is 2.54. The number of aromatic nitrogens is 1. The van der Waals surface area contributed by atoms with Crippen LogP contribution in [-0.2, 0) is 12.1 Å².